The molecule has 5 nitrogen and oxygen atoms in total. The van der Waals surface area contributed by atoms with Gasteiger partial charge in [0.05, 0.1) is 10.9 Å². The zero-order valence-electron chi connectivity index (χ0n) is 16.8. The fourth-order valence-corrected chi connectivity index (χ4v) is 6.06. The van der Waals surface area contributed by atoms with Crippen molar-refractivity contribution in [1.82, 2.24) is 9.29 Å². The number of rotatable bonds is 4. The number of aromatic nitrogens is 1. The summed E-state index contributed by atoms with van der Waals surface area (Å²) in [5.74, 6) is 1.02. The number of piperidine rings is 1. The van der Waals surface area contributed by atoms with Gasteiger partial charge in [-0.05, 0) is 63.3 Å². The Morgan fingerprint density at radius 2 is 1.57 bits per heavy atom. The highest BCUT2D eigenvalue weighted by Gasteiger charge is 2.35. The molecule has 3 heterocycles. The van der Waals surface area contributed by atoms with E-state index >= 15 is 0 Å². The summed E-state index contributed by atoms with van der Waals surface area (Å²) in [5.41, 5.74) is 3.05. The molecule has 2 aromatic rings. The van der Waals surface area contributed by atoms with Gasteiger partial charge in [-0.3, -0.25) is 0 Å². The molecule has 0 N–H and O–H groups in total. The Labute approximate surface area is 168 Å². The van der Waals surface area contributed by atoms with E-state index in [4.69, 9.17) is 4.98 Å². The minimum absolute atomic E-state index is 0.139. The molecule has 0 amide bonds. The van der Waals surface area contributed by atoms with Gasteiger partial charge in [0, 0.05) is 25.3 Å². The largest absolute Gasteiger partial charge is 0.357 e. The zero-order valence-corrected chi connectivity index (χ0v) is 17.6. The smallest absolute Gasteiger partial charge is 0.243 e. The summed E-state index contributed by atoms with van der Waals surface area (Å²) in [4.78, 5) is 7.53. The summed E-state index contributed by atoms with van der Waals surface area (Å²) in [7, 11) is -3.52. The average molecular weight is 400 g/mol. The van der Waals surface area contributed by atoms with Gasteiger partial charge in [-0.25, -0.2) is 13.4 Å². The van der Waals surface area contributed by atoms with Crippen LogP contribution in [-0.2, 0) is 10.0 Å². The molecule has 0 aliphatic carbocycles. The lowest BCUT2D eigenvalue weighted by Gasteiger charge is -2.35. The summed E-state index contributed by atoms with van der Waals surface area (Å²) >= 11 is 0. The Morgan fingerprint density at radius 1 is 0.893 bits per heavy atom. The van der Waals surface area contributed by atoms with Crippen molar-refractivity contribution in [2.45, 2.75) is 56.9 Å². The number of nitrogens with zero attached hydrogens (tertiary/aromatic N) is 3. The molecule has 6 heteroatoms. The summed E-state index contributed by atoms with van der Waals surface area (Å²) in [5, 5.41) is 0. The van der Waals surface area contributed by atoms with Gasteiger partial charge in [0.1, 0.15) is 5.82 Å². The van der Waals surface area contributed by atoms with Crippen LogP contribution in [0.1, 0.15) is 55.0 Å². The molecule has 2 aliphatic rings. The molecule has 0 bridgehead atoms. The van der Waals surface area contributed by atoms with E-state index in [-0.39, 0.29) is 6.04 Å². The van der Waals surface area contributed by atoms with Gasteiger partial charge in [-0.2, -0.15) is 4.31 Å². The monoisotopic (exact) mass is 399 g/mol. The maximum atomic E-state index is 13.4. The van der Waals surface area contributed by atoms with Gasteiger partial charge in [0.15, 0.2) is 0 Å². The molecule has 2 saturated heterocycles. The Morgan fingerprint density at radius 3 is 2.25 bits per heavy atom. The van der Waals surface area contributed by atoms with Crippen LogP contribution in [0.15, 0.2) is 41.3 Å². The predicted molar refractivity (Wildman–Crippen MR) is 112 cm³/mol. The van der Waals surface area contributed by atoms with Crippen molar-refractivity contribution < 1.29 is 8.42 Å². The number of pyridine rings is 1. The van der Waals surface area contributed by atoms with Gasteiger partial charge < -0.3 is 4.90 Å². The van der Waals surface area contributed by atoms with Crippen molar-refractivity contribution in [1.29, 1.82) is 0 Å². The molecule has 0 radical (unpaired) electrons. The van der Waals surface area contributed by atoms with Crippen LogP contribution in [0, 0.1) is 13.8 Å². The Kier molecular flexibility index (Phi) is 5.43. The first kappa shape index (κ1) is 19.4. The summed E-state index contributed by atoms with van der Waals surface area (Å²) < 4.78 is 28.4. The molecule has 2 aliphatic heterocycles. The highest BCUT2D eigenvalue weighted by molar-refractivity contribution is 7.89. The van der Waals surface area contributed by atoms with Gasteiger partial charge in [0.25, 0.3) is 0 Å². The maximum absolute atomic E-state index is 13.4. The average Bonchev–Trinajstić information content (AvgIpc) is 3.23. The molecule has 150 valence electrons. The van der Waals surface area contributed by atoms with Crippen molar-refractivity contribution in [3.8, 4) is 0 Å². The number of anilines is 1. The van der Waals surface area contributed by atoms with Crippen molar-refractivity contribution in [3.05, 3.63) is 53.2 Å². The summed E-state index contributed by atoms with van der Waals surface area (Å²) in [6.07, 6.45) is 5.22. The quantitative estimate of drug-likeness (QED) is 0.773. The van der Waals surface area contributed by atoms with Gasteiger partial charge in [-0.15, -0.1) is 0 Å². The third-order valence-electron chi connectivity index (χ3n) is 5.98. The fourth-order valence-electron chi connectivity index (χ4n) is 4.38. The second-order valence-corrected chi connectivity index (χ2v) is 9.87. The van der Waals surface area contributed by atoms with E-state index in [9.17, 15) is 8.42 Å². The molecule has 4 rings (SSSR count). The number of aryl methyl sites for hydroxylation is 2. The van der Waals surface area contributed by atoms with E-state index in [0.717, 1.165) is 55.0 Å². The van der Waals surface area contributed by atoms with Crippen molar-refractivity contribution >= 4 is 15.8 Å². The van der Waals surface area contributed by atoms with E-state index in [1.54, 1.807) is 16.4 Å². The minimum Gasteiger partial charge on any atom is -0.357 e. The third-order valence-corrected chi connectivity index (χ3v) is 7.90. The zero-order chi connectivity index (χ0) is 19.7. The van der Waals surface area contributed by atoms with Crippen LogP contribution in [0.5, 0.6) is 0 Å². The first-order chi connectivity index (χ1) is 13.5. The van der Waals surface area contributed by atoms with Crippen LogP contribution in [0.25, 0.3) is 0 Å². The lowest BCUT2D eigenvalue weighted by Crippen LogP contribution is -2.38. The third kappa shape index (κ3) is 3.67. The fraction of sp³-hybridized carbons (Fsp3) is 0.500. The van der Waals surface area contributed by atoms with Crippen LogP contribution in [0.3, 0.4) is 0 Å². The Bertz CT molecular complexity index is 935. The van der Waals surface area contributed by atoms with Crippen LogP contribution in [0.2, 0.25) is 0 Å². The number of benzene rings is 1. The lowest BCUT2D eigenvalue weighted by atomic mass is 9.96. The Balaban J connectivity index is 1.66. The summed E-state index contributed by atoms with van der Waals surface area (Å²) in [6.45, 7) is 6.66. The predicted octanol–water partition coefficient (Wildman–Crippen LogP) is 4.21. The summed E-state index contributed by atoms with van der Waals surface area (Å²) in [6, 6.07) is 11.2. The van der Waals surface area contributed by atoms with E-state index in [2.05, 4.69) is 17.0 Å². The van der Waals surface area contributed by atoms with Crippen molar-refractivity contribution in [2.24, 2.45) is 0 Å². The van der Waals surface area contributed by atoms with Crippen LogP contribution >= 0.6 is 0 Å². The molecular weight excluding hydrogens is 370 g/mol. The topological polar surface area (TPSA) is 53.5 Å². The van der Waals surface area contributed by atoms with E-state index < -0.39 is 10.0 Å². The minimum atomic E-state index is -3.52. The molecule has 0 saturated carbocycles. The number of hydrogen-bond donors (Lipinski definition) is 0. The Hall–Kier alpha value is -1.92. The molecule has 28 heavy (non-hydrogen) atoms. The van der Waals surface area contributed by atoms with Gasteiger partial charge >= 0.3 is 0 Å². The second-order valence-electron chi connectivity index (χ2n) is 7.98. The molecule has 0 unspecified atom stereocenters. The van der Waals surface area contributed by atoms with Gasteiger partial charge in [-0.1, -0.05) is 30.2 Å². The van der Waals surface area contributed by atoms with Crippen molar-refractivity contribution in [3.63, 3.8) is 0 Å². The first-order valence-corrected chi connectivity index (χ1v) is 11.7. The van der Waals surface area contributed by atoms with Crippen molar-refractivity contribution in [2.75, 3.05) is 24.5 Å². The molecule has 0 spiro atoms. The van der Waals surface area contributed by atoms with E-state index in [0.29, 0.717) is 11.4 Å². The molecule has 2 fully saturated rings. The lowest BCUT2D eigenvalue weighted by molar-refractivity contribution is 0.255. The second kappa shape index (κ2) is 7.84. The maximum Gasteiger partial charge on any atom is 0.243 e. The van der Waals surface area contributed by atoms with Crippen LogP contribution in [-0.4, -0.2) is 37.3 Å². The molecular formula is C22H29N3O2S. The SMILES string of the molecule is Cc1ccc(S(=O)(=O)N2CCCC[C@@H]2c2ccc(N3CCCC3)nc2C)cc1. The van der Waals surface area contributed by atoms with E-state index in [1.807, 2.05) is 26.0 Å². The van der Waals surface area contributed by atoms with Gasteiger partial charge in [0.2, 0.25) is 10.0 Å². The highest BCUT2D eigenvalue weighted by atomic mass is 32.2. The number of sulfonamides is 1. The standard InChI is InChI=1S/C22H29N3O2S/c1-17-8-10-19(11-9-17)28(26,27)25-16-4-3-7-21(25)20-12-13-22(23-18(20)2)24-14-5-6-15-24/h8-13,21H,3-7,14-16H2,1-2H3/t21-/m1/s1. The highest BCUT2D eigenvalue weighted by Crippen LogP contribution is 2.37. The first-order valence-electron chi connectivity index (χ1n) is 10.3. The van der Waals surface area contributed by atoms with E-state index in [1.165, 1.54) is 12.8 Å². The molecule has 1 atom stereocenters. The molecule has 1 aromatic heterocycles. The van der Waals surface area contributed by atoms with Crippen LogP contribution in [0.4, 0.5) is 5.82 Å². The number of hydrogen-bond acceptors (Lipinski definition) is 4. The molecule has 1 aromatic carbocycles. The normalized spacial score (nSPS) is 21.2. The van der Waals surface area contributed by atoms with Crippen LogP contribution < -0.4 is 4.90 Å².